The lowest BCUT2D eigenvalue weighted by atomic mass is 10.2. The highest BCUT2D eigenvalue weighted by molar-refractivity contribution is 5.44. The van der Waals surface area contributed by atoms with Gasteiger partial charge >= 0.3 is 0 Å². The summed E-state index contributed by atoms with van der Waals surface area (Å²) in [5.74, 6) is 0.832. The number of anilines is 2. The van der Waals surface area contributed by atoms with Gasteiger partial charge < -0.3 is 16.2 Å². The van der Waals surface area contributed by atoms with Crippen molar-refractivity contribution in [2.24, 2.45) is 0 Å². The summed E-state index contributed by atoms with van der Waals surface area (Å²) in [6.45, 7) is 0. The SMILES string of the molecule is Nc1ccc(N[C@H]2CC[C@@H](O)C2)nc1. The maximum atomic E-state index is 9.34. The number of hydrogen-bond donors (Lipinski definition) is 3. The molecule has 0 bridgehead atoms. The van der Waals surface area contributed by atoms with E-state index in [-0.39, 0.29) is 6.10 Å². The third-order valence-electron chi connectivity index (χ3n) is 2.54. The van der Waals surface area contributed by atoms with Crippen LogP contribution < -0.4 is 11.1 Å². The minimum absolute atomic E-state index is 0.152. The van der Waals surface area contributed by atoms with Crippen molar-refractivity contribution in [3.8, 4) is 0 Å². The fourth-order valence-electron chi connectivity index (χ4n) is 1.79. The summed E-state index contributed by atoms with van der Waals surface area (Å²) in [4.78, 5) is 4.15. The Balaban J connectivity index is 1.94. The second kappa shape index (κ2) is 3.84. The summed E-state index contributed by atoms with van der Waals surface area (Å²) in [5, 5.41) is 12.6. The number of aliphatic hydroxyl groups excluding tert-OH is 1. The molecular formula is C10H15N3O. The summed E-state index contributed by atoms with van der Waals surface area (Å²) in [6, 6.07) is 4.03. The molecule has 1 saturated carbocycles. The van der Waals surface area contributed by atoms with Crippen LogP contribution in [-0.2, 0) is 0 Å². The van der Waals surface area contributed by atoms with Gasteiger partial charge in [-0.3, -0.25) is 0 Å². The van der Waals surface area contributed by atoms with E-state index >= 15 is 0 Å². The molecule has 1 heterocycles. The van der Waals surface area contributed by atoms with Crippen LogP contribution in [0.1, 0.15) is 19.3 Å². The number of nitrogens with one attached hydrogen (secondary N) is 1. The standard InChI is InChI=1S/C10H15N3O/c11-7-1-4-10(12-6-7)13-8-2-3-9(14)5-8/h1,4,6,8-9,14H,2-3,5,11H2,(H,12,13)/t8-,9+/m0/s1. The molecule has 1 fully saturated rings. The molecule has 0 aromatic carbocycles. The van der Waals surface area contributed by atoms with Gasteiger partial charge in [0.05, 0.1) is 18.0 Å². The zero-order chi connectivity index (χ0) is 9.97. The molecule has 0 amide bonds. The molecule has 0 radical (unpaired) electrons. The summed E-state index contributed by atoms with van der Waals surface area (Å²) in [5.41, 5.74) is 6.20. The Kier molecular flexibility index (Phi) is 2.54. The fourth-order valence-corrected chi connectivity index (χ4v) is 1.79. The lowest BCUT2D eigenvalue weighted by molar-refractivity contribution is 0.182. The van der Waals surface area contributed by atoms with Crippen LogP contribution in [0, 0.1) is 0 Å². The van der Waals surface area contributed by atoms with Crippen molar-refractivity contribution in [2.45, 2.75) is 31.4 Å². The number of aliphatic hydroxyl groups is 1. The van der Waals surface area contributed by atoms with E-state index in [9.17, 15) is 5.11 Å². The fraction of sp³-hybridized carbons (Fsp3) is 0.500. The number of nitrogens with zero attached hydrogens (tertiary/aromatic N) is 1. The molecule has 4 N–H and O–H groups in total. The first-order valence-electron chi connectivity index (χ1n) is 4.90. The largest absolute Gasteiger partial charge is 0.397 e. The third-order valence-corrected chi connectivity index (χ3v) is 2.54. The Hall–Kier alpha value is -1.29. The van der Waals surface area contributed by atoms with Gasteiger partial charge in [0.15, 0.2) is 0 Å². The Morgan fingerprint density at radius 2 is 2.29 bits per heavy atom. The summed E-state index contributed by atoms with van der Waals surface area (Å²) >= 11 is 0. The van der Waals surface area contributed by atoms with Crippen LogP contribution in [0.15, 0.2) is 18.3 Å². The summed E-state index contributed by atoms with van der Waals surface area (Å²) in [6.07, 6.45) is 4.18. The van der Waals surface area contributed by atoms with Gasteiger partial charge in [-0.2, -0.15) is 0 Å². The van der Waals surface area contributed by atoms with E-state index in [1.165, 1.54) is 0 Å². The molecule has 14 heavy (non-hydrogen) atoms. The minimum atomic E-state index is -0.152. The van der Waals surface area contributed by atoms with E-state index in [1.54, 1.807) is 6.20 Å². The molecule has 1 aliphatic carbocycles. The Bertz CT molecular complexity index is 299. The van der Waals surface area contributed by atoms with Crippen molar-refractivity contribution in [3.05, 3.63) is 18.3 Å². The number of aromatic nitrogens is 1. The average molecular weight is 193 g/mol. The van der Waals surface area contributed by atoms with Crippen molar-refractivity contribution < 1.29 is 5.11 Å². The highest BCUT2D eigenvalue weighted by atomic mass is 16.3. The lowest BCUT2D eigenvalue weighted by Gasteiger charge is -2.12. The predicted octanol–water partition coefficient (Wildman–Crippen LogP) is 0.989. The van der Waals surface area contributed by atoms with E-state index in [2.05, 4.69) is 10.3 Å². The molecule has 4 nitrogen and oxygen atoms in total. The zero-order valence-electron chi connectivity index (χ0n) is 7.98. The minimum Gasteiger partial charge on any atom is -0.397 e. The Morgan fingerprint density at radius 3 is 2.86 bits per heavy atom. The summed E-state index contributed by atoms with van der Waals surface area (Å²) < 4.78 is 0. The molecule has 1 aromatic rings. The molecule has 0 unspecified atom stereocenters. The molecule has 4 heteroatoms. The van der Waals surface area contributed by atoms with Crippen LogP contribution in [0.25, 0.3) is 0 Å². The first-order valence-corrected chi connectivity index (χ1v) is 4.90. The Morgan fingerprint density at radius 1 is 1.43 bits per heavy atom. The average Bonchev–Trinajstić information content (AvgIpc) is 2.56. The van der Waals surface area contributed by atoms with E-state index in [0.29, 0.717) is 11.7 Å². The molecule has 0 saturated heterocycles. The van der Waals surface area contributed by atoms with Gasteiger partial charge in [0.25, 0.3) is 0 Å². The van der Waals surface area contributed by atoms with Gasteiger partial charge in [0, 0.05) is 6.04 Å². The van der Waals surface area contributed by atoms with Gasteiger partial charge in [-0.15, -0.1) is 0 Å². The van der Waals surface area contributed by atoms with Crippen LogP contribution in [0.5, 0.6) is 0 Å². The smallest absolute Gasteiger partial charge is 0.126 e. The number of hydrogen-bond acceptors (Lipinski definition) is 4. The maximum Gasteiger partial charge on any atom is 0.126 e. The van der Waals surface area contributed by atoms with Gasteiger partial charge in [0.1, 0.15) is 5.82 Å². The highest BCUT2D eigenvalue weighted by Gasteiger charge is 2.22. The molecule has 1 aromatic heterocycles. The second-order valence-electron chi connectivity index (χ2n) is 3.78. The second-order valence-corrected chi connectivity index (χ2v) is 3.78. The van der Waals surface area contributed by atoms with E-state index in [4.69, 9.17) is 5.73 Å². The number of rotatable bonds is 2. The van der Waals surface area contributed by atoms with Crippen LogP contribution in [0.4, 0.5) is 11.5 Å². The topological polar surface area (TPSA) is 71.2 Å². The van der Waals surface area contributed by atoms with E-state index in [1.807, 2.05) is 12.1 Å². The number of nitrogen functional groups attached to an aromatic ring is 1. The molecule has 76 valence electrons. The van der Waals surface area contributed by atoms with Gasteiger partial charge in [-0.25, -0.2) is 4.98 Å². The summed E-state index contributed by atoms with van der Waals surface area (Å²) in [7, 11) is 0. The van der Waals surface area contributed by atoms with E-state index in [0.717, 1.165) is 25.1 Å². The third kappa shape index (κ3) is 2.14. The van der Waals surface area contributed by atoms with Crippen molar-refractivity contribution in [1.82, 2.24) is 4.98 Å². The normalized spacial score (nSPS) is 26.4. The quantitative estimate of drug-likeness (QED) is 0.655. The van der Waals surface area contributed by atoms with Gasteiger partial charge in [0.2, 0.25) is 0 Å². The molecule has 1 aliphatic rings. The number of nitrogens with two attached hydrogens (primary N) is 1. The van der Waals surface area contributed by atoms with Crippen LogP contribution in [0.3, 0.4) is 0 Å². The monoisotopic (exact) mass is 193 g/mol. The van der Waals surface area contributed by atoms with E-state index < -0.39 is 0 Å². The van der Waals surface area contributed by atoms with Crippen LogP contribution >= 0.6 is 0 Å². The lowest BCUT2D eigenvalue weighted by Crippen LogP contribution is -2.17. The maximum absolute atomic E-state index is 9.34. The molecular weight excluding hydrogens is 178 g/mol. The van der Waals surface area contributed by atoms with Crippen molar-refractivity contribution in [2.75, 3.05) is 11.1 Å². The van der Waals surface area contributed by atoms with Gasteiger partial charge in [-0.1, -0.05) is 0 Å². The predicted molar refractivity (Wildman–Crippen MR) is 55.9 cm³/mol. The molecule has 2 atom stereocenters. The first kappa shape index (κ1) is 9.27. The van der Waals surface area contributed by atoms with Crippen molar-refractivity contribution in [1.29, 1.82) is 0 Å². The molecule has 0 aliphatic heterocycles. The first-order chi connectivity index (χ1) is 6.74. The molecule has 2 rings (SSSR count). The van der Waals surface area contributed by atoms with Gasteiger partial charge in [-0.05, 0) is 31.4 Å². The Labute approximate surface area is 83.2 Å². The zero-order valence-corrected chi connectivity index (χ0v) is 7.98. The number of pyridine rings is 1. The van der Waals surface area contributed by atoms with Crippen molar-refractivity contribution >= 4 is 11.5 Å². The van der Waals surface area contributed by atoms with Crippen LogP contribution in [0.2, 0.25) is 0 Å². The highest BCUT2D eigenvalue weighted by Crippen LogP contribution is 2.22. The molecule has 0 spiro atoms. The van der Waals surface area contributed by atoms with Crippen molar-refractivity contribution in [3.63, 3.8) is 0 Å². The van der Waals surface area contributed by atoms with Crippen LogP contribution in [-0.4, -0.2) is 22.2 Å².